The average Bonchev–Trinajstić information content (AvgIpc) is 2.86. The van der Waals surface area contributed by atoms with Crippen LogP contribution in [0.25, 0.3) is 0 Å². The fourth-order valence-corrected chi connectivity index (χ4v) is 5.21. The molecule has 3 aromatic carbocycles. The molecule has 0 saturated carbocycles. The van der Waals surface area contributed by atoms with E-state index >= 15 is 0 Å². The van der Waals surface area contributed by atoms with Gasteiger partial charge in [-0.3, -0.25) is 13.9 Å². The van der Waals surface area contributed by atoms with E-state index in [1.165, 1.54) is 4.90 Å². The molecule has 0 aromatic heterocycles. The molecule has 0 aliphatic carbocycles. The molecule has 1 N–H and O–H groups in total. The second kappa shape index (κ2) is 12.9. The molecular formula is C27H29Cl2N3O4S. The van der Waals surface area contributed by atoms with Crippen LogP contribution < -0.4 is 9.62 Å². The summed E-state index contributed by atoms with van der Waals surface area (Å²) in [4.78, 5) is 28.5. The highest BCUT2D eigenvalue weighted by molar-refractivity contribution is 7.92. The van der Waals surface area contributed by atoms with Crippen molar-refractivity contribution < 1.29 is 18.0 Å². The van der Waals surface area contributed by atoms with Crippen molar-refractivity contribution in [2.45, 2.75) is 25.9 Å². The molecule has 0 spiro atoms. The molecular weight excluding hydrogens is 533 g/mol. The predicted octanol–water partition coefficient (Wildman–Crippen LogP) is 4.54. The van der Waals surface area contributed by atoms with Gasteiger partial charge in [-0.25, -0.2) is 8.42 Å². The van der Waals surface area contributed by atoms with Gasteiger partial charge in [0.1, 0.15) is 12.6 Å². The standard InChI is InChI=1S/C27H29Cl2N3O4S/c1-3-30-27(34)25(16-20-10-6-4-7-11-20)31(18-21-14-15-22(28)17-24(21)29)26(33)19-32(37(2,35)36)23-12-8-5-9-13-23/h4-15,17,25H,3,16,18-19H2,1-2H3,(H,30,34). The highest BCUT2D eigenvalue weighted by Gasteiger charge is 2.33. The van der Waals surface area contributed by atoms with Gasteiger partial charge < -0.3 is 10.2 Å². The molecule has 2 amide bonds. The lowest BCUT2D eigenvalue weighted by Crippen LogP contribution is -2.53. The summed E-state index contributed by atoms with van der Waals surface area (Å²) in [5.41, 5.74) is 1.77. The van der Waals surface area contributed by atoms with Gasteiger partial charge in [0.2, 0.25) is 21.8 Å². The Kier molecular flexibility index (Phi) is 9.97. The molecule has 7 nitrogen and oxygen atoms in total. The van der Waals surface area contributed by atoms with Crippen LogP contribution >= 0.6 is 23.2 Å². The van der Waals surface area contributed by atoms with E-state index in [0.717, 1.165) is 16.1 Å². The van der Waals surface area contributed by atoms with Crippen LogP contribution in [0.4, 0.5) is 5.69 Å². The van der Waals surface area contributed by atoms with Crippen molar-refractivity contribution in [3.63, 3.8) is 0 Å². The van der Waals surface area contributed by atoms with E-state index in [1.807, 2.05) is 30.3 Å². The summed E-state index contributed by atoms with van der Waals surface area (Å²) in [7, 11) is -3.81. The molecule has 1 unspecified atom stereocenters. The maximum atomic E-state index is 13.9. The smallest absolute Gasteiger partial charge is 0.244 e. The molecule has 37 heavy (non-hydrogen) atoms. The van der Waals surface area contributed by atoms with Crippen molar-refractivity contribution in [2.24, 2.45) is 0 Å². The predicted molar refractivity (Wildman–Crippen MR) is 148 cm³/mol. The maximum Gasteiger partial charge on any atom is 0.244 e. The third kappa shape index (κ3) is 7.95. The number of halogens is 2. The van der Waals surface area contributed by atoms with Crippen LogP contribution in [-0.2, 0) is 32.6 Å². The van der Waals surface area contributed by atoms with Crippen molar-refractivity contribution in [1.82, 2.24) is 10.2 Å². The SMILES string of the molecule is CCNC(=O)C(Cc1ccccc1)N(Cc1ccc(Cl)cc1Cl)C(=O)CN(c1ccccc1)S(C)(=O)=O. The molecule has 0 radical (unpaired) electrons. The first-order valence-corrected chi connectivity index (χ1v) is 14.3. The number of rotatable bonds is 11. The number of benzene rings is 3. The number of anilines is 1. The number of hydrogen-bond acceptors (Lipinski definition) is 4. The van der Waals surface area contributed by atoms with Gasteiger partial charge in [-0.2, -0.15) is 0 Å². The minimum absolute atomic E-state index is 0.0180. The van der Waals surface area contributed by atoms with E-state index in [9.17, 15) is 18.0 Å². The fraction of sp³-hybridized carbons (Fsp3) is 0.259. The monoisotopic (exact) mass is 561 g/mol. The van der Waals surface area contributed by atoms with Crippen LogP contribution in [-0.4, -0.2) is 50.5 Å². The van der Waals surface area contributed by atoms with Gasteiger partial charge in [0.05, 0.1) is 11.9 Å². The largest absolute Gasteiger partial charge is 0.355 e. The number of amides is 2. The Morgan fingerprint density at radius 2 is 1.57 bits per heavy atom. The molecule has 0 bridgehead atoms. The molecule has 0 aliphatic rings. The zero-order chi connectivity index (χ0) is 27.0. The number of likely N-dealkylation sites (N-methyl/N-ethyl adjacent to an activating group) is 1. The van der Waals surface area contributed by atoms with E-state index < -0.39 is 28.5 Å². The number of hydrogen-bond donors (Lipinski definition) is 1. The Hall–Kier alpha value is -3.07. The van der Waals surface area contributed by atoms with Crippen LogP contribution in [0.2, 0.25) is 10.0 Å². The van der Waals surface area contributed by atoms with Crippen molar-refractivity contribution in [3.8, 4) is 0 Å². The lowest BCUT2D eigenvalue weighted by molar-refractivity contribution is -0.140. The van der Waals surface area contributed by atoms with Crippen LogP contribution in [0, 0.1) is 0 Å². The zero-order valence-electron chi connectivity index (χ0n) is 20.6. The highest BCUT2D eigenvalue weighted by Crippen LogP contribution is 2.25. The van der Waals surface area contributed by atoms with Crippen LogP contribution in [0.5, 0.6) is 0 Å². The van der Waals surface area contributed by atoms with Gasteiger partial charge in [0, 0.05) is 29.6 Å². The molecule has 10 heteroatoms. The van der Waals surface area contributed by atoms with E-state index in [-0.39, 0.29) is 18.9 Å². The average molecular weight is 563 g/mol. The summed E-state index contributed by atoms with van der Waals surface area (Å²) >= 11 is 12.5. The summed E-state index contributed by atoms with van der Waals surface area (Å²) in [5, 5.41) is 3.58. The summed E-state index contributed by atoms with van der Waals surface area (Å²) < 4.78 is 26.4. The molecule has 0 aliphatic heterocycles. The fourth-order valence-electron chi connectivity index (χ4n) is 3.89. The van der Waals surface area contributed by atoms with E-state index in [4.69, 9.17) is 23.2 Å². The first-order chi connectivity index (χ1) is 17.6. The molecule has 1 atom stereocenters. The second-order valence-electron chi connectivity index (χ2n) is 8.46. The van der Waals surface area contributed by atoms with Crippen molar-refractivity contribution >= 4 is 50.7 Å². The number of para-hydroxylation sites is 1. The van der Waals surface area contributed by atoms with E-state index in [0.29, 0.717) is 27.8 Å². The normalized spacial score (nSPS) is 12.0. The first-order valence-electron chi connectivity index (χ1n) is 11.7. The summed E-state index contributed by atoms with van der Waals surface area (Å²) in [6.45, 7) is 1.66. The molecule has 3 rings (SSSR count). The summed E-state index contributed by atoms with van der Waals surface area (Å²) in [5.74, 6) is -0.900. The quantitative estimate of drug-likeness (QED) is 0.372. The Bertz CT molecular complexity index is 1320. The number of carbonyl (C=O) groups is 2. The molecule has 0 fully saturated rings. The highest BCUT2D eigenvalue weighted by atomic mass is 35.5. The Balaban J connectivity index is 2.05. The number of nitrogens with one attached hydrogen (secondary N) is 1. The van der Waals surface area contributed by atoms with Gasteiger partial charge in [-0.05, 0) is 42.3 Å². The Morgan fingerprint density at radius 1 is 0.946 bits per heavy atom. The number of nitrogens with zero attached hydrogens (tertiary/aromatic N) is 2. The second-order valence-corrected chi connectivity index (χ2v) is 11.2. The number of carbonyl (C=O) groups excluding carboxylic acids is 2. The van der Waals surface area contributed by atoms with E-state index in [2.05, 4.69) is 5.32 Å². The van der Waals surface area contributed by atoms with Crippen molar-refractivity contribution in [3.05, 3.63) is 100 Å². The summed E-state index contributed by atoms with van der Waals surface area (Å²) in [6, 6.07) is 21.7. The molecule has 3 aromatic rings. The first kappa shape index (κ1) is 28.5. The molecule has 0 heterocycles. The van der Waals surface area contributed by atoms with Gasteiger partial charge in [0.15, 0.2) is 0 Å². The van der Waals surface area contributed by atoms with Crippen LogP contribution in [0.3, 0.4) is 0 Å². The van der Waals surface area contributed by atoms with Gasteiger partial charge >= 0.3 is 0 Å². The third-order valence-corrected chi connectivity index (χ3v) is 7.43. The maximum absolute atomic E-state index is 13.9. The minimum atomic E-state index is -3.81. The lowest BCUT2D eigenvalue weighted by Gasteiger charge is -2.33. The lowest BCUT2D eigenvalue weighted by atomic mass is 10.0. The van der Waals surface area contributed by atoms with Gasteiger partial charge in [0.25, 0.3) is 0 Å². The van der Waals surface area contributed by atoms with Crippen LogP contribution in [0.15, 0.2) is 78.9 Å². The van der Waals surface area contributed by atoms with Gasteiger partial charge in [-0.1, -0.05) is 77.8 Å². The summed E-state index contributed by atoms with van der Waals surface area (Å²) in [6.07, 6.45) is 1.27. The minimum Gasteiger partial charge on any atom is -0.355 e. The Labute approximate surface area is 228 Å². The molecule has 196 valence electrons. The van der Waals surface area contributed by atoms with Gasteiger partial charge in [-0.15, -0.1) is 0 Å². The number of sulfonamides is 1. The van der Waals surface area contributed by atoms with Crippen molar-refractivity contribution in [1.29, 1.82) is 0 Å². The van der Waals surface area contributed by atoms with Crippen LogP contribution in [0.1, 0.15) is 18.1 Å². The topological polar surface area (TPSA) is 86.8 Å². The Morgan fingerprint density at radius 3 is 2.14 bits per heavy atom. The van der Waals surface area contributed by atoms with E-state index in [1.54, 1.807) is 55.5 Å². The molecule has 0 saturated heterocycles. The van der Waals surface area contributed by atoms with Crippen molar-refractivity contribution in [2.75, 3.05) is 23.7 Å². The zero-order valence-corrected chi connectivity index (χ0v) is 22.9. The third-order valence-electron chi connectivity index (χ3n) is 5.70.